The van der Waals surface area contributed by atoms with E-state index in [1.807, 2.05) is 0 Å². The molecule has 1 atom stereocenters. The Balaban J connectivity index is 2.03. The number of hydrogen-bond donors (Lipinski definition) is 3. The van der Waals surface area contributed by atoms with Crippen LogP contribution in [-0.2, 0) is 0 Å². The summed E-state index contributed by atoms with van der Waals surface area (Å²) in [4.78, 5) is 23.0. The van der Waals surface area contributed by atoms with Gasteiger partial charge in [0.15, 0.2) is 0 Å². The number of thioether (sulfide) groups is 1. The first-order valence-corrected chi connectivity index (χ1v) is 7.77. The number of carboxylic acid groups (broad SMARTS) is 1. The van der Waals surface area contributed by atoms with Gasteiger partial charge in [-0.3, -0.25) is 0 Å². The fraction of sp³-hybridized carbons (Fsp3) is 0.385. The van der Waals surface area contributed by atoms with Crippen LogP contribution in [0.5, 0.6) is 0 Å². The third-order valence-electron chi connectivity index (χ3n) is 2.96. The number of carboxylic acids is 1. The molecule has 0 spiro atoms. The van der Waals surface area contributed by atoms with Gasteiger partial charge < -0.3 is 15.7 Å². The lowest BCUT2D eigenvalue weighted by molar-refractivity contribution is 0.0698. The van der Waals surface area contributed by atoms with E-state index in [4.69, 9.17) is 16.7 Å². The summed E-state index contributed by atoms with van der Waals surface area (Å²) in [6.45, 7) is 0. The van der Waals surface area contributed by atoms with Crippen molar-refractivity contribution in [3.05, 3.63) is 28.8 Å². The number of benzene rings is 1. The van der Waals surface area contributed by atoms with Crippen molar-refractivity contribution in [2.45, 2.75) is 18.9 Å². The molecule has 20 heavy (non-hydrogen) atoms. The molecule has 1 fully saturated rings. The summed E-state index contributed by atoms with van der Waals surface area (Å²) in [5.74, 6) is 0.900. The molecular formula is C13H15ClN2O3S. The Labute approximate surface area is 126 Å². The molecule has 1 unspecified atom stereocenters. The number of amides is 2. The summed E-state index contributed by atoms with van der Waals surface area (Å²) in [7, 11) is 0. The molecule has 0 aliphatic carbocycles. The first kappa shape index (κ1) is 15.0. The van der Waals surface area contributed by atoms with Gasteiger partial charge in [0.05, 0.1) is 11.3 Å². The van der Waals surface area contributed by atoms with E-state index >= 15 is 0 Å². The number of anilines is 1. The number of rotatable bonds is 3. The topological polar surface area (TPSA) is 78.4 Å². The first-order chi connectivity index (χ1) is 9.56. The number of urea groups is 1. The second-order valence-electron chi connectivity index (χ2n) is 4.51. The molecule has 7 heteroatoms. The van der Waals surface area contributed by atoms with Gasteiger partial charge in [-0.2, -0.15) is 11.8 Å². The molecule has 1 saturated heterocycles. The highest BCUT2D eigenvalue weighted by molar-refractivity contribution is 7.99. The lowest BCUT2D eigenvalue weighted by Crippen LogP contribution is -2.41. The Morgan fingerprint density at radius 1 is 1.40 bits per heavy atom. The maximum atomic E-state index is 11.9. The number of halogens is 1. The zero-order valence-corrected chi connectivity index (χ0v) is 12.3. The molecule has 0 saturated carbocycles. The van der Waals surface area contributed by atoms with Crippen molar-refractivity contribution < 1.29 is 14.7 Å². The van der Waals surface area contributed by atoms with Crippen LogP contribution in [0, 0.1) is 0 Å². The van der Waals surface area contributed by atoms with Crippen molar-refractivity contribution in [1.82, 2.24) is 5.32 Å². The van der Waals surface area contributed by atoms with Crippen LogP contribution in [-0.4, -0.2) is 34.7 Å². The van der Waals surface area contributed by atoms with Gasteiger partial charge in [0.1, 0.15) is 0 Å². The molecule has 1 aromatic rings. The van der Waals surface area contributed by atoms with E-state index in [1.165, 1.54) is 18.2 Å². The summed E-state index contributed by atoms with van der Waals surface area (Å²) in [5, 5.41) is 14.8. The molecular weight excluding hydrogens is 300 g/mol. The summed E-state index contributed by atoms with van der Waals surface area (Å²) >= 11 is 7.63. The van der Waals surface area contributed by atoms with Gasteiger partial charge in [-0.15, -0.1) is 0 Å². The Morgan fingerprint density at radius 2 is 2.20 bits per heavy atom. The minimum atomic E-state index is -1.11. The van der Waals surface area contributed by atoms with Gasteiger partial charge in [-0.25, -0.2) is 9.59 Å². The Kier molecular flexibility index (Phi) is 5.14. The summed E-state index contributed by atoms with van der Waals surface area (Å²) in [6, 6.07) is 4.01. The van der Waals surface area contributed by atoms with Crippen LogP contribution < -0.4 is 10.6 Å². The van der Waals surface area contributed by atoms with Gasteiger partial charge in [0, 0.05) is 16.8 Å². The Hall–Kier alpha value is -1.40. The summed E-state index contributed by atoms with van der Waals surface area (Å²) < 4.78 is 0. The maximum absolute atomic E-state index is 11.9. The van der Waals surface area contributed by atoms with Crippen LogP contribution in [0.15, 0.2) is 18.2 Å². The second kappa shape index (κ2) is 6.85. The molecule has 1 aliphatic heterocycles. The summed E-state index contributed by atoms with van der Waals surface area (Å²) in [5.41, 5.74) is 0.216. The molecule has 0 aromatic heterocycles. The highest BCUT2D eigenvalue weighted by Gasteiger charge is 2.18. The normalized spacial score (nSPS) is 18.4. The van der Waals surface area contributed by atoms with Gasteiger partial charge in [0.25, 0.3) is 0 Å². The van der Waals surface area contributed by atoms with Crippen LogP contribution in [0.25, 0.3) is 0 Å². The quantitative estimate of drug-likeness (QED) is 0.801. The molecule has 2 rings (SSSR count). The largest absolute Gasteiger partial charge is 0.478 e. The lowest BCUT2D eigenvalue weighted by atomic mass is 10.1. The van der Waals surface area contributed by atoms with Gasteiger partial charge in [-0.05, 0) is 36.8 Å². The number of carbonyl (C=O) groups excluding carboxylic acids is 1. The van der Waals surface area contributed by atoms with Gasteiger partial charge >= 0.3 is 12.0 Å². The van der Waals surface area contributed by atoms with Crippen LogP contribution in [0.3, 0.4) is 0 Å². The van der Waals surface area contributed by atoms with Crippen molar-refractivity contribution in [3.8, 4) is 0 Å². The minimum Gasteiger partial charge on any atom is -0.478 e. The smallest absolute Gasteiger partial charge is 0.337 e. The van der Waals surface area contributed by atoms with Gasteiger partial charge in [0.2, 0.25) is 0 Å². The molecule has 108 valence electrons. The number of hydrogen-bond acceptors (Lipinski definition) is 3. The highest BCUT2D eigenvalue weighted by Crippen LogP contribution is 2.21. The first-order valence-electron chi connectivity index (χ1n) is 6.24. The number of carbonyl (C=O) groups is 2. The molecule has 1 aromatic carbocycles. The predicted molar refractivity (Wildman–Crippen MR) is 80.9 cm³/mol. The zero-order valence-electron chi connectivity index (χ0n) is 10.7. The highest BCUT2D eigenvalue weighted by atomic mass is 35.5. The van der Waals surface area contributed by atoms with E-state index in [9.17, 15) is 9.59 Å². The zero-order chi connectivity index (χ0) is 14.5. The summed E-state index contributed by atoms with van der Waals surface area (Å²) in [6.07, 6.45) is 2.02. The van der Waals surface area contributed by atoms with E-state index in [2.05, 4.69) is 10.6 Å². The van der Waals surface area contributed by atoms with Crippen molar-refractivity contribution in [2.24, 2.45) is 0 Å². The molecule has 5 nitrogen and oxygen atoms in total. The van der Waals surface area contributed by atoms with Crippen molar-refractivity contribution in [2.75, 3.05) is 16.8 Å². The van der Waals surface area contributed by atoms with E-state index in [-0.39, 0.29) is 17.3 Å². The van der Waals surface area contributed by atoms with Crippen LogP contribution in [0.2, 0.25) is 5.02 Å². The lowest BCUT2D eigenvalue weighted by Gasteiger charge is -2.22. The van der Waals surface area contributed by atoms with Crippen molar-refractivity contribution in [3.63, 3.8) is 0 Å². The molecule has 1 aliphatic rings. The van der Waals surface area contributed by atoms with Gasteiger partial charge in [-0.1, -0.05) is 11.6 Å². The average molecular weight is 315 g/mol. The van der Waals surface area contributed by atoms with Crippen LogP contribution in [0.4, 0.5) is 10.5 Å². The fourth-order valence-corrected chi connectivity index (χ4v) is 3.25. The van der Waals surface area contributed by atoms with Crippen molar-refractivity contribution >= 4 is 41.1 Å². The van der Waals surface area contributed by atoms with Crippen LogP contribution in [0.1, 0.15) is 23.2 Å². The van der Waals surface area contributed by atoms with E-state index in [1.54, 1.807) is 11.8 Å². The fourth-order valence-electron chi connectivity index (χ4n) is 2.00. The third-order valence-corrected chi connectivity index (χ3v) is 4.41. The van der Waals surface area contributed by atoms with E-state index in [0.29, 0.717) is 5.02 Å². The molecule has 0 bridgehead atoms. The number of aromatic carboxylic acids is 1. The molecule has 2 amide bonds. The molecule has 3 N–H and O–H groups in total. The molecule has 0 radical (unpaired) electrons. The monoisotopic (exact) mass is 314 g/mol. The van der Waals surface area contributed by atoms with Crippen LogP contribution >= 0.6 is 23.4 Å². The minimum absolute atomic E-state index is 0.0163. The Bertz CT molecular complexity index is 518. The standard InChI is InChI=1S/C13H15ClN2O3S/c14-8-3-4-10(12(17)18)11(6-8)16-13(19)15-9-2-1-5-20-7-9/h3-4,6,9H,1-2,5,7H2,(H,17,18)(H2,15,16,19). The van der Waals surface area contributed by atoms with E-state index in [0.717, 1.165) is 24.3 Å². The predicted octanol–water partition coefficient (Wildman–Crippen LogP) is 3.06. The van der Waals surface area contributed by atoms with Crippen molar-refractivity contribution in [1.29, 1.82) is 0 Å². The SMILES string of the molecule is O=C(Nc1cc(Cl)ccc1C(=O)O)NC1CCCSC1. The Morgan fingerprint density at radius 3 is 2.85 bits per heavy atom. The molecule has 1 heterocycles. The van der Waals surface area contributed by atoms with E-state index < -0.39 is 12.0 Å². The number of nitrogens with one attached hydrogen (secondary N) is 2. The third kappa shape index (κ3) is 4.05. The second-order valence-corrected chi connectivity index (χ2v) is 6.09. The average Bonchev–Trinajstić information content (AvgIpc) is 2.39. The maximum Gasteiger partial charge on any atom is 0.337 e.